The van der Waals surface area contributed by atoms with Crippen LogP contribution >= 0.6 is 0 Å². The summed E-state index contributed by atoms with van der Waals surface area (Å²) >= 11 is 0. The molecule has 0 aliphatic heterocycles. The van der Waals surface area contributed by atoms with E-state index >= 15 is 0 Å². The van der Waals surface area contributed by atoms with Gasteiger partial charge in [0.25, 0.3) is 5.09 Å². The van der Waals surface area contributed by atoms with E-state index in [-0.39, 0.29) is 17.9 Å². The van der Waals surface area contributed by atoms with E-state index < -0.39 is 17.0 Å². The molecule has 96 valence electrons. The number of nitrogens with zero attached hydrogens (tertiary/aromatic N) is 1. The van der Waals surface area contributed by atoms with Crippen LogP contribution in [0.25, 0.3) is 0 Å². The highest BCUT2D eigenvalue weighted by Gasteiger charge is 2.14. The molecule has 0 spiro atoms. The summed E-state index contributed by atoms with van der Waals surface area (Å²) in [6, 6.07) is 3.72. The van der Waals surface area contributed by atoms with Crippen LogP contribution in [-0.2, 0) is 16.2 Å². The molecule has 0 heterocycles. The van der Waals surface area contributed by atoms with E-state index in [1.54, 1.807) is 0 Å². The normalized spacial score (nSPS) is 9.61. The van der Waals surface area contributed by atoms with Crippen molar-refractivity contribution in [2.75, 3.05) is 0 Å². The van der Waals surface area contributed by atoms with Crippen molar-refractivity contribution in [1.82, 2.24) is 0 Å². The van der Waals surface area contributed by atoms with Gasteiger partial charge in [0.15, 0.2) is 0 Å². The van der Waals surface area contributed by atoms with Gasteiger partial charge in [-0.05, 0) is 17.7 Å². The maximum atomic E-state index is 10.8. The molecule has 0 bridgehead atoms. The van der Waals surface area contributed by atoms with E-state index in [0.717, 1.165) is 6.92 Å². The smallest absolute Gasteiger partial charge is 0.339 e. The maximum Gasteiger partial charge on any atom is 0.339 e. The Bertz CT molecular complexity index is 497. The first-order chi connectivity index (χ1) is 8.40. The Labute approximate surface area is 101 Å². The minimum atomic E-state index is -1.27. The van der Waals surface area contributed by atoms with Gasteiger partial charge in [-0.3, -0.25) is 4.79 Å². The zero-order valence-corrected chi connectivity index (χ0v) is 9.28. The summed E-state index contributed by atoms with van der Waals surface area (Å²) in [5.41, 5.74) is 0.100. The third-order valence-electron chi connectivity index (χ3n) is 1.87. The molecule has 0 radical (unpaired) electrons. The molecule has 0 amide bonds. The number of ether oxygens (including phenoxy) is 1. The van der Waals surface area contributed by atoms with Crippen molar-refractivity contribution < 1.29 is 29.4 Å². The van der Waals surface area contributed by atoms with E-state index in [4.69, 9.17) is 9.84 Å². The van der Waals surface area contributed by atoms with E-state index in [1.165, 1.54) is 18.2 Å². The second-order valence-electron chi connectivity index (χ2n) is 3.23. The fourth-order valence-electron chi connectivity index (χ4n) is 1.20. The number of benzene rings is 1. The van der Waals surface area contributed by atoms with Crippen LogP contribution in [0.2, 0.25) is 0 Å². The van der Waals surface area contributed by atoms with Crippen LogP contribution in [0.4, 0.5) is 0 Å². The lowest BCUT2D eigenvalue weighted by Crippen LogP contribution is -2.08. The molecule has 0 unspecified atom stereocenters. The number of esters is 1. The summed E-state index contributed by atoms with van der Waals surface area (Å²) in [4.78, 5) is 35.8. The number of carboxylic acids is 1. The number of carbonyl (C=O) groups excluding carboxylic acids is 1. The van der Waals surface area contributed by atoms with Crippen molar-refractivity contribution >= 4 is 11.9 Å². The lowest BCUT2D eigenvalue weighted by molar-refractivity contribution is -0.763. The molecule has 1 rings (SSSR count). The van der Waals surface area contributed by atoms with E-state index in [1.807, 2.05) is 0 Å². The third-order valence-corrected chi connectivity index (χ3v) is 1.87. The van der Waals surface area contributed by atoms with E-state index in [0.29, 0.717) is 5.56 Å². The Morgan fingerprint density at radius 3 is 2.61 bits per heavy atom. The molecule has 1 aromatic rings. The van der Waals surface area contributed by atoms with Gasteiger partial charge >= 0.3 is 11.9 Å². The molecule has 18 heavy (non-hydrogen) atoms. The van der Waals surface area contributed by atoms with Crippen LogP contribution in [0.3, 0.4) is 0 Å². The second-order valence-corrected chi connectivity index (χ2v) is 3.23. The molecular formula is C10H9NO7. The molecule has 0 saturated carbocycles. The lowest BCUT2D eigenvalue weighted by atomic mass is 10.1. The van der Waals surface area contributed by atoms with E-state index in [9.17, 15) is 19.7 Å². The molecule has 0 saturated heterocycles. The van der Waals surface area contributed by atoms with Crippen molar-refractivity contribution in [3.05, 3.63) is 39.4 Å². The SMILES string of the molecule is CC(=O)Oc1cc(CO[N+](=O)[O-])ccc1C(=O)O. The minimum Gasteiger partial charge on any atom is -0.478 e. The molecule has 0 fully saturated rings. The summed E-state index contributed by atoms with van der Waals surface area (Å²) in [5.74, 6) is -2.14. The number of hydrogen-bond donors (Lipinski definition) is 1. The molecule has 8 nitrogen and oxygen atoms in total. The molecule has 0 aliphatic carbocycles. The highest BCUT2D eigenvalue weighted by atomic mass is 16.9. The van der Waals surface area contributed by atoms with Crippen LogP contribution in [-0.4, -0.2) is 22.1 Å². The fourth-order valence-corrected chi connectivity index (χ4v) is 1.20. The number of hydrogen-bond acceptors (Lipinski definition) is 6. The van der Waals surface area contributed by atoms with Gasteiger partial charge in [0.1, 0.15) is 17.9 Å². The zero-order chi connectivity index (χ0) is 13.7. The molecule has 0 aliphatic rings. The fraction of sp³-hybridized carbons (Fsp3) is 0.200. The van der Waals surface area contributed by atoms with Gasteiger partial charge in [0, 0.05) is 6.92 Å². The summed E-state index contributed by atoms with van der Waals surface area (Å²) in [6.45, 7) is 0.757. The zero-order valence-electron chi connectivity index (χ0n) is 9.28. The lowest BCUT2D eigenvalue weighted by Gasteiger charge is -2.07. The average molecular weight is 255 g/mol. The van der Waals surface area contributed by atoms with E-state index in [2.05, 4.69) is 4.84 Å². The first-order valence-electron chi connectivity index (χ1n) is 4.72. The quantitative estimate of drug-likeness (QED) is 0.361. The van der Waals surface area contributed by atoms with Crippen molar-refractivity contribution in [2.24, 2.45) is 0 Å². The number of carbonyl (C=O) groups is 2. The van der Waals surface area contributed by atoms with Gasteiger partial charge in [0.05, 0.1) is 0 Å². The first kappa shape index (κ1) is 13.4. The molecule has 8 heteroatoms. The second kappa shape index (κ2) is 5.62. The maximum absolute atomic E-state index is 10.8. The van der Waals surface area contributed by atoms with Gasteiger partial charge in [-0.15, -0.1) is 10.1 Å². The Hall–Kier alpha value is -2.64. The predicted molar refractivity (Wildman–Crippen MR) is 56.5 cm³/mol. The summed E-state index contributed by atoms with van der Waals surface area (Å²) in [7, 11) is 0. The molecule has 0 aromatic heterocycles. The third kappa shape index (κ3) is 3.74. The van der Waals surface area contributed by atoms with Gasteiger partial charge < -0.3 is 14.7 Å². The first-order valence-corrected chi connectivity index (χ1v) is 4.72. The molecule has 1 aromatic carbocycles. The summed E-state index contributed by atoms with van der Waals surface area (Å²) in [5, 5.41) is 17.9. The number of carboxylic acid groups (broad SMARTS) is 1. The Morgan fingerprint density at radius 2 is 2.11 bits per heavy atom. The van der Waals surface area contributed by atoms with Crippen molar-refractivity contribution in [2.45, 2.75) is 13.5 Å². The highest BCUT2D eigenvalue weighted by molar-refractivity contribution is 5.92. The van der Waals surface area contributed by atoms with Gasteiger partial charge in [0.2, 0.25) is 0 Å². The molecule has 0 atom stereocenters. The predicted octanol–water partition coefficient (Wildman–Crippen LogP) is 1.02. The number of aromatic carboxylic acids is 1. The minimum absolute atomic E-state index is 0.181. The average Bonchev–Trinajstić information content (AvgIpc) is 2.25. The van der Waals surface area contributed by atoms with Gasteiger partial charge in [-0.1, -0.05) is 6.07 Å². The van der Waals surface area contributed by atoms with Crippen molar-refractivity contribution in [1.29, 1.82) is 0 Å². The van der Waals surface area contributed by atoms with Crippen LogP contribution < -0.4 is 4.74 Å². The monoisotopic (exact) mass is 255 g/mol. The Balaban J connectivity index is 3.00. The Kier molecular flexibility index (Phi) is 4.19. The van der Waals surface area contributed by atoms with Crippen LogP contribution in [0.15, 0.2) is 18.2 Å². The van der Waals surface area contributed by atoms with Crippen molar-refractivity contribution in [3.63, 3.8) is 0 Å². The van der Waals surface area contributed by atoms with Crippen LogP contribution in [0, 0.1) is 10.1 Å². The highest BCUT2D eigenvalue weighted by Crippen LogP contribution is 2.21. The van der Waals surface area contributed by atoms with Gasteiger partial charge in [-0.25, -0.2) is 4.79 Å². The summed E-state index contributed by atoms with van der Waals surface area (Å²) < 4.78 is 4.71. The molecule has 1 N–H and O–H groups in total. The largest absolute Gasteiger partial charge is 0.478 e. The Morgan fingerprint density at radius 1 is 1.44 bits per heavy atom. The van der Waals surface area contributed by atoms with Crippen molar-refractivity contribution in [3.8, 4) is 5.75 Å². The summed E-state index contributed by atoms with van der Waals surface area (Å²) in [6.07, 6.45) is 0. The molecular weight excluding hydrogens is 246 g/mol. The van der Waals surface area contributed by atoms with Crippen LogP contribution in [0.5, 0.6) is 5.75 Å². The van der Waals surface area contributed by atoms with Crippen LogP contribution in [0.1, 0.15) is 22.8 Å². The topological polar surface area (TPSA) is 116 Å². The standard InChI is InChI=1S/C10H9NO7/c1-6(12)18-9-4-7(5-17-11(15)16)2-3-8(9)10(13)14/h2-4H,5H2,1H3,(H,13,14). The number of rotatable bonds is 5. The van der Waals surface area contributed by atoms with Gasteiger partial charge in [-0.2, -0.15) is 0 Å².